The molecule has 3 rings (SSSR count). The minimum Gasteiger partial charge on any atom is -0.472 e. The Labute approximate surface area is 133 Å². The van der Waals surface area contributed by atoms with Crippen LogP contribution < -0.4 is 10.1 Å². The van der Waals surface area contributed by atoms with Gasteiger partial charge in [0.25, 0.3) is 0 Å². The van der Waals surface area contributed by atoms with E-state index in [9.17, 15) is 4.79 Å². The van der Waals surface area contributed by atoms with Gasteiger partial charge < -0.3 is 15.0 Å². The van der Waals surface area contributed by atoms with Crippen molar-refractivity contribution < 1.29 is 9.53 Å². The first kappa shape index (κ1) is 14.8. The number of nitrogens with one attached hydrogen (secondary N) is 2. The molecule has 0 radical (unpaired) electrons. The highest BCUT2D eigenvalue weighted by Gasteiger charge is 2.12. The predicted molar refractivity (Wildman–Crippen MR) is 86.7 cm³/mol. The van der Waals surface area contributed by atoms with Crippen molar-refractivity contribution in [2.24, 2.45) is 0 Å². The number of hydrogen-bond donors (Lipinski definition) is 2. The van der Waals surface area contributed by atoms with Crippen molar-refractivity contribution in [2.45, 2.75) is 13.2 Å². The maximum Gasteiger partial charge on any atom is 0.243 e. The molecule has 0 saturated carbocycles. The highest BCUT2D eigenvalue weighted by Crippen LogP contribution is 2.25. The maximum atomic E-state index is 11.3. The van der Waals surface area contributed by atoms with Crippen LogP contribution in [-0.2, 0) is 17.9 Å². The number of rotatable bonds is 6. The molecule has 2 N–H and O–H groups in total. The van der Waals surface area contributed by atoms with Crippen molar-refractivity contribution >= 4 is 16.9 Å². The number of H-pyrrole nitrogens is 1. The number of carbonyl (C=O) groups is 1. The second-order valence-corrected chi connectivity index (χ2v) is 4.91. The van der Waals surface area contributed by atoms with Gasteiger partial charge in [0, 0.05) is 18.3 Å². The lowest BCUT2D eigenvalue weighted by Crippen LogP contribution is -2.19. The third-order valence-electron chi connectivity index (χ3n) is 3.37. The largest absolute Gasteiger partial charge is 0.472 e. The van der Waals surface area contributed by atoms with Crippen LogP contribution in [0.4, 0.5) is 0 Å². The average Bonchev–Trinajstić information content (AvgIpc) is 3.02. The van der Waals surface area contributed by atoms with Crippen LogP contribution in [0.3, 0.4) is 0 Å². The summed E-state index contributed by atoms with van der Waals surface area (Å²) < 4.78 is 5.83. The zero-order chi connectivity index (χ0) is 16.1. The molecule has 2 aromatic heterocycles. The summed E-state index contributed by atoms with van der Waals surface area (Å²) in [4.78, 5) is 22.8. The Bertz CT molecular complexity index is 827. The third kappa shape index (κ3) is 3.37. The minimum absolute atomic E-state index is 0.233. The van der Waals surface area contributed by atoms with E-state index in [1.165, 1.54) is 12.4 Å². The molecule has 0 aliphatic carbocycles. The molecule has 116 valence electrons. The van der Waals surface area contributed by atoms with E-state index in [1.807, 2.05) is 30.3 Å². The van der Waals surface area contributed by atoms with Gasteiger partial charge in [0.15, 0.2) is 0 Å². The Morgan fingerprint density at radius 2 is 2.13 bits per heavy atom. The monoisotopic (exact) mass is 308 g/mol. The summed E-state index contributed by atoms with van der Waals surface area (Å²) >= 11 is 0. The first-order valence-electron chi connectivity index (χ1n) is 7.16. The molecule has 0 aliphatic rings. The van der Waals surface area contributed by atoms with Crippen LogP contribution in [0.5, 0.6) is 5.88 Å². The standard InChI is InChI=1S/C17H16N4O2/c1-2-14(22)18-8-13-9-19-16-15(13)17(21-11-20-16)23-10-12-6-4-3-5-7-12/h2-7,9,11H,1,8,10H2,(H,18,22)(H,19,20,21). The van der Waals surface area contributed by atoms with Gasteiger partial charge in [0.1, 0.15) is 18.6 Å². The van der Waals surface area contributed by atoms with Gasteiger partial charge in [-0.15, -0.1) is 0 Å². The number of amides is 1. The lowest BCUT2D eigenvalue weighted by atomic mass is 10.2. The number of aromatic amines is 1. The van der Waals surface area contributed by atoms with Gasteiger partial charge in [0.2, 0.25) is 11.8 Å². The molecule has 3 aromatic rings. The third-order valence-corrected chi connectivity index (χ3v) is 3.37. The van der Waals surface area contributed by atoms with Gasteiger partial charge >= 0.3 is 0 Å². The molecule has 0 atom stereocenters. The van der Waals surface area contributed by atoms with Gasteiger partial charge in [-0.25, -0.2) is 9.97 Å². The van der Waals surface area contributed by atoms with E-state index in [4.69, 9.17) is 4.74 Å². The topological polar surface area (TPSA) is 79.9 Å². The second kappa shape index (κ2) is 6.74. The summed E-state index contributed by atoms with van der Waals surface area (Å²) in [6.45, 7) is 4.19. The summed E-state index contributed by atoms with van der Waals surface area (Å²) in [5.41, 5.74) is 2.58. The Hall–Kier alpha value is -3.15. The molecule has 2 heterocycles. The fourth-order valence-electron chi connectivity index (χ4n) is 2.23. The lowest BCUT2D eigenvalue weighted by Gasteiger charge is -2.08. The van der Waals surface area contributed by atoms with Gasteiger partial charge in [-0.2, -0.15) is 0 Å². The summed E-state index contributed by atoms with van der Waals surface area (Å²) in [6, 6.07) is 9.85. The van der Waals surface area contributed by atoms with Gasteiger partial charge in [0.05, 0.1) is 5.39 Å². The number of carbonyl (C=O) groups excluding carboxylic acids is 1. The summed E-state index contributed by atoms with van der Waals surface area (Å²) in [7, 11) is 0. The average molecular weight is 308 g/mol. The molecule has 0 fully saturated rings. The quantitative estimate of drug-likeness (QED) is 0.685. The molecule has 1 amide bonds. The Morgan fingerprint density at radius 1 is 1.30 bits per heavy atom. The van der Waals surface area contributed by atoms with E-state index in [2.05, 4.69) is 26.8 Å². The van der Waals surface area contributed by atoms with E-state index in [0.717, 1.165) is 16.5 Å². The molecule has 0 unspecified atom stereocenters. The number of fused-ring (bicyclic) bond motifs is 1. The molecule has 0 saturated heterocycles. The zero-order valence-electron chi connectivity index (χ0n) is 12.5. The van der Waals surface area contributed by atoms with Crippen molar-refractivity contribution in [3.63, 3.8) is 0 Å². The molecule has 0 spiro atoms. The summed E-state index contributed by atoms with van der Waals surface area (Å²) in [6.07, 6.45) is 4.47. The Kier molecular flexibility index (Phi) is 4.33. The smallest absolute Gasteiger partial charge is 0.243 e. The first-order valence-corrected chi connectivity index (χ1v) is 7.16. The number of ether oxygens (including phenoxy) is 1. The summed E-state index contributed by atoms with van der Waals surface area (Å²) in [5, 5.41) is 3.51. The zero-order valence-corrected chi connectivity index (χ0v) is 12.5. The van der Waals surface area contributed by atoms with Crippen LogP contribution in [0.1, 0.15) is 11.1 Å². The van der Waals surface area contributed by atoms with Crippen molar-refractivity contribution in [3.05, 3.63) is 66.6 Å². The number of nitrogens with zero attached hydrogens (tertiary/aromatic N) is 2. The number of aromatic nitrogens is 3. The molecule has 6 nitrogen and oxygen atoms in total. The highest BCUT2D eigenvalue weighted by atomic mass is 16.5. The molecular weight excluding hydrogens is 292 g/mol. The van der Waals surface area contributed by atoms with E-state index >= 15 is 0 Å². The van der Waals surface area contributed by atoms with E-state index in [-0.39, 0.29) is 5.91 Å². The Balaban J connectivity index is 1.83. The molecule has 23 heavy (non-hydrogen) atoms. The van der Waals surface area contributed by atoms with Gasteiger partial charge in [-0.1, -0.05) is 36.9 Å². The Morgan fingerprint density at radius 3 is 2.91 bits per heavy atom. The maximum absolute atomic E-state index is 11.3. The first-order chi connectivity index (χ1) is 11.3. The molecule has 6 heteroatoms. The lowest BCUT2D eigenvalue weighted by molar-refractivity contribution is -0.116. The highest BCUT2D eigenvalue weighted by molar-refractivity contribution is 5.88. The van der Waals surface area contributed by atoms with Crippen molar-refractivity contribution in [3.8, 4) is 5.88 Å². The van der Waals surface area contributed by atoms with E-state index in [1.54, 1.807) is 6.20 Å². The van der Waals surface area contributed by atoms with Crippen molar-refractivity contribution in [1.29, 1.82) is 0 Å². The molecular formula is C17H16N4O2. The van der Waals surface area contributed by atoms with Gasteiger partial charge in [-0.3, -0.25) is 4.79 Å². The van der Waals surface area contributed by atoms with Crippen LogP contribution in [-0.4, -0.2) is 20.9 Å². The number of hydrogen-bond acceptors (Lipinski definition) is 4. The molecule has 0 aliphatic heterocycles. The van der Waals surface area contributed by atoms with Crippen LogP contribution in [0.15, 0.2) is 55.5 Å². The van der Waals surface area contributed by atoms with Crippen LogP contribution in [0.25, 0.3) is 11.0 Å². The van der Waals surface area contributed by atoms with Gasteiger partial charge in [-0.05, 0) is 11.6 Å². The van der Waals surface area contributed by atoms with Crippen molar-refractivity contribution in [2.75, 3.05) is 0 Å². The minimum atomic E-state index is -0.233. The van der Waals surface area contributed by atoms with Crippen LogP contribution in [0.2, 0.25) is 0 Å². The summed E-state index contributed by atoms with van der Waals surface area (Å²) in [5.74, 6) is 0.255. The second-order valence-electron chi connectivity index (χ2n) is 4.91. The van der Waals surface area contributed by atoms with E-state index in [0.29, 0.717) is 24.7 Å². The number of benzene rings is 1. The van der Waals surface area contributed by atoms with E-state index < -0.39 is 0 Å². The fraction of sp³-hybridized carbons (Fsp3) is 0.118. The fourth-order valence-corrected chi connectivity index (χ4v) is 2.23. The SMILES string of the molecule is C=CC(=O)NCc1c[nH]c2ncnc(OCc3ccccc3)c12. The molecule has 1 aromatic carbocycles. The normalized spacial score (nSPS) is 10.4. The van der Waals surface area contributed by atoms with Crippen LogP contribution in [0, 0.1) is 0 Å². The van der Waals surface area contributed by atoms with Crippen LogP contribution >= 0.6 is 0 Å². The van der Waals surface area contributed by atoms with Crippen molar-refractivity contribution in [1.82, 2.24) is 20.3 Å². The molecule has 0 bridgehead atoms. The predicted octanol–water partition coefficient (Wildman–Crippen LogP) is 2.34.